The number of carbonyl (C=O) groups excluding carboxylic acids is 2. The van der Waals surface area contributed by atoms with Gasteiger partial charge in [-0.25, -0.2) is 0 Å². The summed E-state index contributed by atoms with van der Waals surface area (Å²) in [7, 11) is 0. The number of halogens is 2. The maximum absolute atomic E-state index is 13.2. The predicted molar refractivity (Wildman–Crippen MR) is 126 cm³/mol. The fourth-order valence-electron chi connectivity index (χ4n) is 3.19. The first-order chi connectivity index (χ1) is 14.6. The second-order valence-electron chi connectivity index (χ2n) is 8.33. The number of hydrogen-bond acceptors (Lipinski definition) is 3. The van der Waals surface area contributed by atoms with Gasteiger partial charge in [0.1, 0.15) is 11.8 Å². The topological polar surface area (TPSA) is 58.6 Å². The fraction of sp³-hybridized carbons (Fsp3) is 0.417. The molecular formula is C24H30Cl2N2O3. The summed E-state index contributed by atoms with van der Waals surface area (Å²) < 4.78 is 5.91. The molecule has 5 nitrogen and oxygen atoms in total. The fourth-order valence-corrected chi connectivity index (χ4v) is 3.71. The molecule has 0 saturated heterocycles. The Morgan fingerprint density at radius 1 is 1.06 bits per heavy atom. The lowest BCUT2D eigenvalue weighted by Gasteiger charge is -2.30. The van der Waals surface area contributed by atoms with Crippen molar-refractivity contribution in [3.05, 3.63) is 63.6 Å². The van der Waals surface area contributed by atoms with Crippen LogP contribution in [0.4, 0.5) is 0 Å². The molecule has 7 heteroatoms. The molecule has 0 unspecified atom stereocenters. The molecular weight excluding hydrogens is 435 g/mol. The van der Waals surface area contributed by atoms with Gasteiger partial charge in [-0.05, 0) is 43.0 Å². The lowest BCUT2D eigenvalue weighted by molar-refractivity contribution is -0.142. The van der Waals surface area contributed by atoms with Crippen molar-refractivity contribution in [1.82, 2.24) is 10.2 Å². The van der Waals surface area contributed by atoms with Crippen LogP contribution in [0.5, 0.6) is 5.75 Å². The highest BCUT2D eigenvalue weighted by molar-refractivity contribution is 6.36. The number of amides is 2. The summed E-state index contributed by atoms with van der Waals surface area (Å²) in [6.45, 7) is 10.1. The van der Waals surface area contributed by atoms with Crippen LogP contribution in [-0.4, -0.2) is 35.9 Å². The second kappa shape index (κ2) is 10.9. The van der Waals surface area contributed by atoms with Crippen LogP contribution in [0.2, 0.25) is 10.0 Å². The zero-order chi connectivity index (χ0) is 23.2. The minimum atomic E-state index is -0.721. The third-order valence-corrected chi connectivity index (χ3v) is 5.66. The van der Waals surface area contributed by atoms with E-state index in [1.807, 2.05) is 31.2 Å². The molecule has 1 atom stereocenters. The smallest absolute Gasteiger partial charge is 0.261 e. The SMILES string of the molecule is CCNC(=O)[C@H](C)N(Cc1c(Cl)cccc1Cl)C(=O)COc1ccccc1C(C)(C)C. The number of nitrogens with zero attached hydrogens (tertiary/aromatic N) is 1. The third kappa shape index (κ3) is 6.62. The zero-order valence-electron chi connectivity index (χ0n) is 18.7. The number of nitrogens with one attached hydrogen (secondary N) is 1. The van der Waals surface area contributed by atoms with Crippen molar-refractivity contribution < 1.29 is 14.3 Å². The van der Waals surface area contributed by atoms with Crippen molar-refractivity contribution in [2.75, 3.05) is 13.2 Å². The van der Waals surface area contributed by atoms with Crippen molar-refractivity contribution >= 4 is 35.0 Å². The Bertz CT molecular complexity index is 905. The van der Waals surface area contributed by atoms with Gasteiger partial charge in [0.2, 0.25) is 5.91 Å². The van der Waals surface area contributed by atoms with Gasteiger partial charge in [-0.2, -0.15) is 0 Å². The molecule has 168 valence electrons. The number of likely N-dealkylation sites (N-methyl/N-ethyl adjacent to an activating group) is 1. The standard InChI is InChI=1S/C24H30Cl2N2O3/c1-6-27-23(30)16(2)28(14-17-19(25)11-9-12-20(17)26)22(29)15-31-21-13-8-7-10-18(21)24(3,4)5/h7-13,16H,6,14-15H2,1-5H3,(H,27,30)/t16-/m0/s1. The molecule has 0 aromatic heterocycles. The van der Waals surface area contributed by atoms with Gasteiger partial charge in [-0.15, -0.1) is 0 Å². The second-order valence-corrected chi connectivity index (χ2v) is 9.14. The van der Waals surface area contributed by atoms with Crippen LogP contribution in [0, 0.1) is 0 Å². The van der Waals surface area contributed by atoms with Gasteiger partial charge < -0.3 is 15.0 Å². The van der Waals surface area contributed by atoms with Crippen LogP contribution < -0.4 is 10.1 Å². The number of benzene rings is 2. The van der Waals surface area contributed by atoms with Crippen LogP contribution in [0.25, 0.3) is 0 Å². The van der Waals surface area contributed by atoms with Crippen LogP contribution >= 0.6 is 23.2 Å². The Labute approximate surface area is 194 Å². The van der Waals surface area contributed by atoms with Gasteiger partial charge in [0.05, 0.1) is 0 Å². The zero-order valence-corrected chi connectivity index (χ0v) is 20.2. The van der Waals surface area contributed by atoms with Crippen molar-refractivity contribution in [1.29, 1.82) is 0 Å². The molecule has 0 aliphatic heterocycles. The van der Waals surface area contributed by atoms with Gasteiger partial charge in [0, 0.05) is 28.7 Å². The van der Waals surface area contributed by atoms with E-state index in [9.17, 15) is 9.59 Å². The molecule has 2 aromatic rings. The molecule has 0 fully saturated rings. The average molecular weight is 465 g/mol. The van der Waals surface area contributed by atoms with Crippen molar-refractivity contribution in [2.24, 2.45) is 0 Å². The minimum absolute atomic E-state index is 0.0971. The third-order valence-electron chi connectivity index (χ3n) is 4.95. The maximum Gasteiger partial charge on any atom is 0.261 e. The van der Waals surface area contributed by atoms with E-state index in [4.69, 9.17) is 27.9 Å². The number of rotatable bonds is 8. The molecule has 2 amide bonds. The Kier molecular flexibility index (Phi) is 8.78. The first-order valence-electron chi connectivity index (χ1n) is 10.3. The molecule has 0 aliphatic carbocycles. The Morgan fingerprint density at radius 3 is 2.26 bits per heavy atom. The van der Waals surface area contributed by atoms with E-state index in [0.717, 1.165) is 5.56 Å². The summed E-state index contributed by atoms with van der Waals surface area (Å²) in [5.41, 5.74) is 1.45. The Morgan fingerprint density at radius 2 is 1.68 bits per heavy atom. The molecule has 31 heavy (non-hydrogen) atoms. The number of hydrogen-bond donors (Lipinski definition) is 1. The Balaban J connectivity index is 2.28. The van der Waals surface area contributed by atoms with E-state index in [1.165, 1.54) is 4.90 Å². The molecule has 0 bridgehead atoms. The summed E-state index contributed by atoms with van der Waals surface area (Å²) in [4.78, 5) is 27.1. The number of carbonyl (C=O) groups is 2. The lowest BCUT2D eigenvalue weighted by Crippen LogP contribution is -2.49. The molecule has 0 saturated carbocycles. The highest BCUT2D eigenvalue weighted by atomic mass is 35.5. The van der Waals surface area contributed by atoms with E-state index in [-0.39, 0.29) is 30.4 Å². The summed E-state index contributed by atoms with van der Waals surface area (Å²) in [5, 5.41) is 3.63. The van der Waals surface area contributed by atoms with Crippen molar-refractivity contribution in [3.63, 3.8) is 0 Å². The normalized spacial score (nSPS) is 12.2. The van der Waals surface area contributed by atoms with E-state index >= 15 is 0 Å². The summed E-state index contributed by atoms with van der Waals surface area (Å²) in [5.74, 6) is 0.0531. The quantitative estimate of drug-likeness (QED) is 0.582. The molecule has 2 aromatic carbocycles. The van der Waals surface area contributed by atoms with Gasteiger partial charge >= 0.3 is 0 Å². The van der Waals surface area contributed by atoms with Crippen molar-refractivity contribution in [3.8, 4) is 5.75 Å². The van der Waals surface area contributed by atoms with Gasteiger partial charge in [-0.3, -0.25) is 9.59 Å². The molecule has 0 aliphatic rings. The molecule has 0 radical (unpaired) electrons. The van der Waals surface area contributed by atoms with Gasteiger partial charge in [0.25, 0.3) is 5.91 Å². The molecule has 1 N–H and O–H groups in total. The van der Waals surface area contributed by atoms with Crippen LogP contribution in [0.3, 0.4) is 0 Å². The monoisotopic (exact) mass is 464 g/mol. The molecule has 0 spiro atoms. The summed E-state index contributed by atoms with van der Waals surface area (Å²) in [6, 6.07) is 12.1. The van der Waals surface area contributed by atoms with Gasteiger partial charge in [0.15, 0.2) is 6.61 Å². The number of ether oxygens (including phenoxy) is 1. The predicted octanol–water partition coefficient (Wildman–Crippen LogP) is 5.22. The maximum atomic E-state index is 13.2. The lowest BCUT2D eigenvalue weighted by atomic mass is 9.86. The Hall–Kier alpha value is -2.24. The molecule has 0 heterocycles. The van der Waals surface area contributed by atoms with E-state index < -0.39 is 6.04 Å². The summed E-state index contributed by atoms with van der Waals surface area (Å²) >= 11 is 12.6. The first-order valence-corrected chi connectivity index (χ1v) is 11.0. The van der Waals surface area contributed by atoms with Crippen LogP contribution in [0.15, 0.2) is 42.5 Å². The van der Waals surface area contributed by atoms with E-state index in [2.05, 4.69) is 26.1 Å². The highest BCUT2D eigenvalue weighted by Gasteiger charge is 2.28. The largest absolute Gasteiger partial charge is 0.483 e. The average Bonchev–Trinajstić information content (AvgIpc) is 2.71. The minimum Gasteiger partial charge on any atom is -0.483 e. The first kappa shape index (κ1) is 25.0. The van der Waals surface area contributed by atoms with Crippen LogP contribution in [0.1, 0.15) is 45.7 Å². The molecule has 2 rings (SSSR count). The van der Waals surface area contributed by atoms with Gasteiger partial charge in [-0.1, -0.05) is 68.2 Å². The number of para-hydroxylation sites is 1. The highest BCUT2D eigenvalue weighted by Crippen LogP contribution is 2.31. The van der Waals surface area contributed by atoms with E-state index in [1.54, 1.807) is 25.1 Å². The van der Waals surface area contributed by atoms with E-state index in [0.29, 0.717) is 27.9 Å². The summed E-state index contributed by atoms with van der Waals surface area (Å²) in [6.07, 6.45) is 0. The van der Waals surface area contributed by atoms with Crippen molar-refractivity contribution in [2.45, 2.75) is 52.6 Å². The van der Waals surface area contributed by atoms with Crippen LogP contribution in [-0.2, 0) is 21.5 Å².